The Labute approximate surface area is 221 Å². The second-order valence-corrected chi connectivity index (χ2v) is 9.91. The molecule has 0 bridgehead atoms. The van der Waals surface area contributed by atoms with Crippen LogP contribution in [0.5, 0.6) is 17.2 Å². The Morgan fingerprint density at radius 3 is 2.54 bits per heavy atom. The summed E-state index contributed by atoms with van der Waals surface area (Å²) >= 11 is 0. The summed E-state index contributed by atoms with van der Waals surface area (Å²) in [5.41, 5.74) is 2.51. The lowest BCUT2D eigenvalue weighted by atomic mass is 9.98. The summed E-state index contributed by atoms with van der Waals surface area (Å²) in [4.78, 5) is 0. The standard InChI is InChI=1S/C32H36N2O3/c1-5-26-16-18-28(19-17-26)37-31-15-7-6-14-30(31)32-33-34(23-36-32)27-12-9-13-29(22-27)35-21-20-25(4)11-8-10-24(2)3/h1,6-7,9,12-19,22,24-25H,8,10-11,20-21,23H2,2-4H3. The van der Waals surface area contributed by atoms with E-state index in [1.807, 2.05) is 77.8 Å². The average molecular weight is 497 g/mol. The number of anilines is 1. The third-order valence-corrected chi connectivity index (χ3v) is 6.37. The molecule has 0 radical (unpaired) electrons. The molecule has 0 spiro atoms. The van der Waals surface area contributed by atoms with Crippen LogP contribution in [0.15, 0.2) is 77.9 Å². The van der Waals surface area contributed by atoms with Crippen molar-refractivity contribution >= 4 is 11.6 Å². The van der Waals surface area contributed by atoms with Crippen LogP contribution < -0.4 is 14.5 Å². The number of benzene rings is 3. The van der Waals surface area contributed by atoms with Crippen molar-refractivity contribution < 1.29 is 14.2 Å². The fraction of sp³-hybridized carbons (Fsp3) is 0.344. The highest BCUT2D eigenvalue weighted by molar-refractivity contribution is 5.98. The first kappa shape index (κ1) is 26.2. The van der Waals surface area contributed by atoms with Gasteiger partial charge in [0.2, 0.25) is 5.90 Å². The number of hydrogen-bond acceptors (Lipinski definition) is 5. The maximum absolute atomic E-state index is 6.11. The first-order chi connectivity index (χ1) is 18.0. The van der Waals surface area contributed by atoms with Crippen molar-refractivity contribution in [1.29, 1.82) is 0 Å². The zero-order valence-corrected chi connectivity index (χ0v) is 22.0. The largest absolute Gasteiger partial charge is 0.494 e. The topological polar surface area (TPSA) is 43.3 Å². The van der Waals surface area contributed by atoms with E-state index in [0.29, 0.717) is 36.7 Å². The fourth-order valence-corrected chi connectivity index (χ4v) is 4.16. The van der Waals surface area contributed by atoms with Gasteiger partial charge in [-0.1, -0.05) is 64.2 Å². The Hall–Kier alpha value is -3.91. The first-order valence-corrected chi connectivity index (χ1v) is 13.1. The van der Waals surface area contributed by atoms with E-state index in [0.717, 1.165) is 34.9 Å². The Morgan fingerprint density at radius 1 is 0.946 bits per heavy atom. The minimum atomic E-state index is 0.316. The number of terminal acetylenes is 1. The van der Waals surface area contributed by atoms with Crippen molar-refractivity contribution in [2.75, 3.05) is 18.3 Å². The molecule has 4 rings (SSSR count). The van der Waals surface area contributed by atoms with Crippen LogP contribution >= 0.6 is 0 Å². The third-order valence-electron chi connectivity index (χ3n) is 6.37. The molecule has 37 heavy (non-hydrogen) atoms. The van der Waals surface area contributed by atoms with Gasteiger partial charge < -0.3 is 14.2 Å². The summed E-state index contributed by atoms with van der Waals surface area (Å²) < 4.78 is 18.1. The van der Waals surface area contributed by atoms with Crippen LogP contribution in [0.25, 0.3) is 0 Å². The van der Waals surface area contributed by atoms with Crippen LogP contribution in [0.2, 0.25) is 0 Å². The molecule has 1 heterocycles. The van der Waals surface area contributed by atoms with Crippen molar-refractivity contribution in [3.63, 3.8) is 0 Å². The molecule has 0 fully saturated rings. The maximum Gasteiger partial charge on any atom is 0.244 e. The van der Waals surface area contributed by atoms with E-state index >= 15 is 0 Å². The van der Waals surface area contributed by atoms with Gasteiger partial charge in [-0.25, -0.2) is 5.01 Å². The van der Waals surface area contributed by atoms with E-state index in [1.165, 1.54) is 19.3 Å². The number of para-hydroxylation sites is 1. The van der Waals surface area contributed by atoms with Gasteiger partial charge in [0.1, 0.15) is 17.2 Å². The quantitative estimate of drug-likeness (QED) is 0.240. The minimum Gasteiger partial charge on any atom is -0.494 e. The van der Waals surface area contributed by atoms with Gasteiger partial charge in [-0.15, -0.1) is 11.5 Å². The monoisotopic (exact) mass is 496 g/mol. The number of hydrazone groups is 1. The molecule has 3 aromatic carbocycles. The van der Waals surface area contributed by atoms with E-state index in [9.17, 15) is 0 Å². The molecule has 192 valence electrons. The second-order valence-electron chi connectivity index (χ2n) is 9.91. The fourth-order valence-electron chi connectivity index (χ4n) is 4.16. The van der Waals surface area contributed by atoms with Gasteiger partial charge in [-0.05, 0) is 66.8 Å². The molecule has 5 nitrogen and oxygen atoms in total. The predicted octanol–water partition coefficient (Wildman–Crippen LogP) is 7.85. The third kappa shape index (κ3) is 7.54. The maximum atomic E-state index is 6.11. The second kappa shape index (κ2) is 12.9. The average Bonchev–Trinajstić information content (AvgIpc) is 3.40. The molecule has 3 aromatic rings. The lowest BCUT2D eigenvalue weighted by Gasteiger charge is -2.15. The van der Waals surface area contributed by atoms with E-state index in [2.05, 4.69) is 26.7 Å². The Bertz CT molecular complexity index is 1230. The molecule has 0 saturated carbocycles. The van der Waals surface area contributed by atoms with Crippen molar-refractivity contribution in [2.24, 2.45) is 16.9 Å². The molecule has 0 saturated heterocycles. The molecule has 1 unspecified atom stereocenters. The van der Waals surface area contributed by atoms with Gasteiger partial charge in [0.05, 0.1) is 17.9 Å². The van der Waals surface area contributed by atoms with Crippen molar-refractivity contribution in [1.82, 2.24) is 0 Å². The first-order valence-electron chi connectivity index (χ1n) is 13.1. The van der Waals surface area contributed by atoms with E-state index in [-0.39, 0.29) is 0 Å². The van der Waals surface area contributed by atoms with Gasteiger partial charge >= 0.3 is 0 Å². The molecule has 0 N–H and O–H groups in total. The Kier molecular flexibility index (Phi) is 9.10. The smallest absolute Gasteiger partial charge is 0.244 e. The summed E-state index contributed by atoms with van der Waals surface area (Å²) in [7, 11) is 0. The SMILES string of the molecule is C#Cc1ccc(Oc2ccccc2C2=NN(c3cccc(OCCC(C)CCCC(C)C)c3)CO2)cc1. The molecular weight excluding hydrogens is 460 g/mol. The molecule has 1 aliphatic rings. The van der Waals surface area contributed by atoms with E-state index in [1.54, 1.807) is 0 Å². The number of hydrogen-bond donors (Lipinski definition) is 0. The summed E-state index contributed by atoms with van der Waals surface area (Å²) in [5.74, 6) is 6.77. The molecule has 0 aromatic heterocycles. The van der Waals surface area contributed by atoms with Crippen LogP contribution in [-0.2, 0) is 4.74 Å². The van der Waals surface area contributed by atoms with Gasteiger partial charge in [0.15, 0.2) is 6.73 Å². The molecule has 0 aliphatic carbocycles. The van der Waals surface area contributed by atoms with Crippen LogP contribution in [0.4, 0.5) is 5.69 Å². The lowest BCUT2D eigenvalue weighted by Crippen LogP contribution is -2.13. The highest BCUT2D eigenvalue weighted by Gasteiger charge is 2.22. The highest BCUT2D eigenvalue weighted by atomic mass is 16.5. The minimum absolute atomic E-state index is 0.316. The number of ether oxygens (including phenoxy) is 3. The van der Waals surface area contributed by atoms with Gasteiger partial charge in [-0.3, -0.25) is 0 Å². The Morgan fingerprint density at radius 2 is 1.76 bits per heavy atom. The Balaban J connectivity index is 1.37. The lowest BCUT2D eigenvalue weighted by molar-refractivity contribution is 0.275. The normalized spacial score (nSPS) is 13.6. The summed E-state index contributed by atoms with van der Waals surface area (Å²) in [5, 5.41) is 6.55. The zero-order valence-electron chi connectivity index (χ0n) is 22.0. The van der Waals surface area contributed by atoms with Gasteiger partial charge in [-0.2, -0.15) is 0 Å². The summed E-state index contributed by atoms with van der Waals surface area (Å²) in [6.45, 7) is 7.91. The van der Waals surface area contributed by atoms with E-state index < -0.39 is 0 Å². The van der Waals surface area contributed by atoms with Crippen LogP contribution in [0, 0.1) is 24.2 Å². The highest BCUT2D eigenvalue weighted by Crippen LogP contribution is 2.30. The van der Waals surface area contributed by atoms with Crippen LogP contribution in [0.3, 0.4) is 0 Å². The van der Waals surface area contributed by atoms with Crippen LogP contribution in [0.1, 0.15) is 57.6 Å². The van der Waals surface area contributed by atoms with E-state index in [4.69, 9.17) is 25.7 Å². The molecule has 5 heteroatoms. The van der Waals surface area contributed by atoms with Crippen molar-refractivity contribution in [2.45, 2.75) is 46.5 Å². The van der Waals surface area contributed by atoms with Crippen molar-refractivity contribution in [3.8, 4) is 29.6 Å². The van der Waals surface area contributed by atoms with Gasteiger partial charge in [0, 0.05) is 11.6 Å². The molecule has 1 atom stereocenters. The van der Waals surface area contributed by atoms with Gasteiger partial charge in [0.25, 0.3) is 0 Å². The molecular formula is C32H36N2O3. The summed E-state index contributed by atoms with van der Waals surface area (Å²) in [6, 6.07) is 23.1. The predicted molar refractivity (Wildman–Crippen MR) is 150 cm³/mol. The van der Waals surface area contributed by atoms with Crippen molar-refractivity contribution in [3.05, 3.63) is 83.9 Å². The zero-order chi connectivity index (χ0) is 26.0. The number of rotatable bonds is 12. The number of nitrogens with zero attached hydrogens (tertiary/aromatic N) is 2. The molecule has 0 amide bonds. The summed E-state index contributed by atoms with van der Waals surface area (Å²) in [6.07, 6.45) is 10.3. The van der Waals surface area contributed by atoms with Crippen LogP contribution in [-0.4, -0.2) is 19.2 Å². The molecule has 1 aliphatic heterocycles.